The monoisotopic (exact) mass is 401 g/mol. The first kappa shape index (κ1) is 19.9. The van der Waals surface area contributed by atoms with Gasteiger partial charge in [-0.3, -0.25) is 9.69 Å². The highest BCUT2D eigenvalue weighted by atomic mass is 35.5. The van der Waals surface area contributed by atoms with Gasteiger partial charge in [-0.25, -0.2) is 5.43 Å². The summed E-state index contributed by atoms with van der Waals surface area (Å²) < 4.78 is 0. The van der Waals surface area contributed by atoms with Crippen molar-refractivity contribution in [2.75, 3.05) is 18.8 Å². The van der Waals surface area contributed by atoms with Crippen molar-refractivity contribution in [1.82, 2.24) is 10.3 Å². The van der Waals surface area contributed by atoms with Crippen LogP contribution in [0.15, 0.2) is 59.7 Å². The van der Waals surface area contributed by atoms with Crippen molar-refractivity contribution < 1.29 is 4.79 Å². The fraction of sp³-hybridized carbons (Fsp3) is 0.333. The van der Waals surface area contributed by atoms with Gasteiger partial charge in [0.15, 0.2) is 0 Å². The summed E-state index contributed by atoms with van der Waals surface area (Å²) in [5.41, 5.74) is 6.23. The molecule has 1 fully saturated rings. The molecule has 6 heteroatoms. The fourth-order valence-electron chi connectivity index (χ4n) is 2.98. The van der Waals surface area contributed by atoms with Gasteiger partial charge in [0, 0.05) is 49.0 Å². The normalized spacial score (nSPS) is 14.8. The van der Waals surface area contributed by atoms with Crippen molar-refractivity contribution in [3.8, 4) is 0 Å². The molecular formula is C21H24ClN3OS. The molecule has 0 unspecified atom stereocenters. The minimum absolute atomic E-state index is 0.0544. The summed E-state index contributed by atoms with van der Waals surface area (Å²) in [6, 6.07) is 18.2. The molecule has 1 aliphatic rings. The summed E-state index contributed by atoms with van der Waals surface area (Å²) in [4.78, 5) is 14.4. The van der Waals surface area contributed by atoms with E-state index in [1.807, 2.05) is 30.3 Å². The van der Waals surface area contributed by atoms with Crippen LogP contribution in [0.4, 0.5) is 0 Å². The van der Waals surface area contributed by atoms with E-state index < -0.39 is 0 Å². The predicted molar refractivity (Wildman–Crippen MR) is 114 cm³/mol. The number of amides is 1. The van der Waals surface area contributed by atoms with E-state index >= 15 is 0 Å². The number of hydrazone groups is 1. The number of hydrogen-bond acceptors (Lipinski definition) is 4. The lowest BCUT2D eigenvalue weighted by Crippen LogP contribution is -2.34. The number of piperidine rings is 1. The number of nitrogens with one attached hydrogen (secondary N) is 1. The van der Waals surface area contributed by atoms with Gasteiger partial charge >= 0.3 is 0 Å². The van der Waals surface area contributed by atoms with E-state index in [2.05, 4.69) is 39.7 Å². The molecule has 0 saturated carbocycles. The Kier molecular flexibility index (Phi) is 7.75. The predicted octanol–water partition coefficient (Wildman–Crippen LogP) is 4.34. The van der Waals surface area contributed by atoms with Gasteiger partial charge in [-0.15, -0.1) is 11.8 Å². The van der Waals surface area contributed by atoms with E-state index in [0.717, 1.165) is 54.5 Å². The SMILES string of the molecule is O=C(CSCc1cccc(Cl)c1)NN=C1CCN(Cc2ccccc2)CC1. The van der Waals surface area contributed by atoms with Crippen molar-refractivity contribution in [2.45, 2.75) is 25.1 Å². The highest BCUT2D eigenvalue weighted by Gasteiger charge is 2.15. The molecule has 142 valence electrons. The Hall–Kier alpha value is -1.82. The first-order valence-electron chi connectivity index (χ1n) is 9.12. The number of carbonyl (C=O) groups excluding carboxylic acids is 1. The molecule has 3 rings (SSSR count). The van der Waals surface area contributed by atoms with Crippen LogP contribution in [-0.4, -0.2) is 35.4 Å². The van der Waals surface area contributed by atoms with Crippen molar-refractivity contribution >= 4 is 35.0 Å². The van der Waals surface area contributed by atoms with Crippen LogP contribution < -0.4 is 5.43 Å². The second-order valence-electron chi connectivity index (χ2n) is 6.60. The summed E-state index contributed by atoms with van der Waals surface area (Å²) >= 11 is 7.53. The second kappa shape index (κ2) is 10.5. The van der Waals surface area contributed by atoms with Crippen molar-refractivity contribution in [3.05, 3.63) is 70.7 Å². The molecule has 2 aromatic carbocycles. The molecule has 1 saturated heterocycles. The quantitative estimate of drug-likeness (QED) is 0.702. The van der Waals surface area contributed by atoms with Gasteiger partial charge in [0.25, 0.3) is 0 Å². The molecule has 0 aliphatic carbocycles. The van der Waals surface area contributed by atoms with Gasteiger partial charge in [-0.05, 0) is 23.3 Å². The zero-order valence-corrected chi connectivity index (χ0v) is 16.8. The summed E-state index contributed by atoms with van der Waals surface area (Å²) in [5.74, 6) is 1.10. The van der Waals surface area contributed by atoms with Crippen LogP contribution >= 0.6 is 23.4 Å². The van der Waals surface area contributed by atoms with Gasteiger partial charge in [0.2, 0.25) is 5.91 Å². The molecule has 0 atom stereocenters. The number of likely N-dealkylation sites (tertiary alicyclic amines) is 1. The Labute approximate surface area is 170 Å². The minimum Gasteiger partial charge on any atom is -0.298 e. The van der Waals surface area contributed by atoms with Gasteiger partial charge < -0.3 is 0 Å². The Balaban J connectivity index is 1.34. The minimum atomic E-state index is -0.0544. The van der Waals surface area contributed by atoms with Gasteiger partial charge in [-0.2, -0.15) is 5.10 Å². The number of nitrogens with zero attached hydrogens (tertiary/aromatic N) is 2. The van der Waals surface area contributed by atoms with Crippen LogP contribution in [0.1, 0.15) is 24.0 Å². The van der Waals surface area contributed by atoms with E-state index in [0.29, 0.717) is 5.75 Å². The topological polar surface area (TPSA) is 44.7 Å². The molecule has 1 heterocycles. The summed E-state index contributed by atoms with van der Waals surface area (Å²) in [7, 11) is 0. The van der Waals surface area contributed by atoms with Crippen LogP contribution in [0.25, 0.3) is 0 Å². The second-order valence-corrected chi connectivity index (χ2v) is 8.02. The van der Waals surface area contributed by atoms with Crippen molar-refractivity contribution in [3.63, 3.8) is 0 Å². The van der Waals surface area contributed by atoms with Gasteiger partial charge in [0.05, 0.1) is 5.75 Å². The zero-order valence-electron chi connectivity index (χ0n) is 15.2. The smallest absolute Gasteiger partial charge is 0.250 e. The number of carbonyl (C=O) groups is 1. The Morgan fingerprint density at radius 2 is 1.81 bits per heavy atom. The molecular weight excluding hydrogens is 378 g/mol. The lowest BCUT2D eigenvalue weighted by Gasteiger charge is -2.27. The average molecular weight is 402 g/mol. The van der Waals surface area contributed by atoms with Crippen LogP contribution in [0.5, 0.6) is 0 Å². The molecule has 2 aromatic rings. The third kappa shape index (κ3) is 7.01. The number of halogens is 1. The highest BCUT2D eigenvalue weighted by molar-refractivity contribution is 7.99. The number of thioether (sulfide) groups is 1. The standard InChI is InChI=1S/C21H24ClN3OS/c22-19-8-4-7-18(13-19)15-27-16-21(26)24-23-20-9-11-25(12-10-20)14-17-5-2-1-3-6-17/h1-8,13H,9-12,14-16H2,(H,24,26). The maximum Gasteiger partial charge on any atom is 0.250 e. The largest absolute Gasteiger partial charge is 0.298 e. The highest BCUT2D eigenvalue weighted by Crippen LogP contribution is 2.16. The summed E-state index contributed by atoms with van der Waals surface area (Å²) in [6.07, 6.45) is 1.81. The molecule has 1 amide bonds. The van der Waals surface area contributed by atoms with E-state index in [1.54, 1.807) is 11.8 Å². The first-order valence-corrected chi connectivity index (χ1v) is 10.6. The number of benzene rings is 2. The average Bonchev–Trinajstić information content (AvgIpc) is 2.68. The van der Waals surface area contributed by atoms with Crippen LogP contribution in [0.2, 0.25) is 5.02 Å². The van der Waals surface area contributed by atoms with Crippen LogP contribution in [0.3, 0.4) is 0 Å². The lowest BCUT2D eigenvalue weighted by atomic mass is 10.1. The Morgan fingerprint density at radius 3 is 2.56 bits per heavy atom. The van der Waals surface area contributed by atoms with E-state index in [4.69, 9.17) is 11.6 Å². The van der Waals surface area contributed by atoms with Gasteiger partial charge in [-0.1, -0.05) is 54.1 Å². The summed E-state index contributed by atoms with van der Waals surface area (Å²) in [5, 5.41) is 5.04. The van der Waals surface area contributed by atoms with E-state index in [9.17, 15) is 4.79 Å². The Bertz CT molecular complexity index is 772. The number of hydrogen-bond donors (Lipinski definition) is 1. The fourth-order valence-corrected chi connectivity index (χ4v) is 3.96. The maximum absolute atomic E-state index is 12.0. The third-order valence-electron chi connectivity index (χ3n) is 4.41. The van der Waals surface area contributed by atoms with Gasteiger partial charge in [0.1, 0.15) is 0 Å². The molecule has 0 bridgehead atoms. The van der Waals surface area contributed by atoms with E-state index in [1.165, 1.54) is 5.56 Å². The molecule has 0 radical (unpaired) electrons. The molecule has 4 nitrogen and oxygen atoms in total. The summed E-state index contributed by atoms with van der Waals surface area (Å²) in [6.45, 7) is 2.93. The number of rotatable bonds is 7. The van der Waals surface area contributed by atoms with Crippen LogP contribution in [0, 0.1) is 0 Å². The Morgan fingerprint density at radius 1 is 1.07 bits per heavy atom. The third-order valence-corrected chi connectivity index (χ3v) is 5.65. The molecule has 0 spiro atoms. The first-order chi connectivity index (χ1) is 13.2. The molecule has 1 aliphatic heterocycles. The molecule has 0 aromatic heterocycles. The maximum atomic E-state index is 12.0. The van der Waals surface area contributed by atoms with Crippen molar-refractivity contribution in [2.24, 2.45) is 5.10 Å². The molecule has 27 heavy (non-hydrogen) atoms. The van der Waals surface area contributed by atoms with E-state index in [-0.39, 0.29) is 5.91 Å². The molecule has 1 N–H and O–H groups in total. The van der Waals surface area contributed by atoms with Crippen LogP contribution in [-0.2, 0) is 17.1 Å². The zero-order chi connectivity index (χ0) is 18.9. The van der Waals surface area contributed by atoms with Crippen molar-refractivity contribution in [1.29, 1.82) is 0 Å². The lowest BCUT2D eigenvalue weighted by molar-refractivity contribution is -0.118.